The molecular formula is C5H9N3O. The zero-order valence-electron chi connectivity index (χ0n) is 4.99. The van der Waals surface area contributed by atoms with Crippen molar-refractivity contribution in [2.75, 3.05) is 13.2 Å². The third-order valence-corrected chi connectivity index (χ3v) is 0.972. The number of nitrogens with zero attached hydrogens (tertiary/aromatic N) is 2. The molecule has 0 bridgehead atoms. The van der Waals surface area contributed by atoms with E-state index in [-0.39, 0.29) is 6.61 Å². The van der Waals surface area contributed by atoms with Crippen LogP contribution < -0.4 is 5.43 Å². The second-order valence-electron chi connectivity index (χ2n) is 1.62. The second kappa shape index (κ2) is 3.09. The molecule has 0 aliphatic carbocycles. The predicted octanol–water partition coefficient (Wildman–Crippen LogP) is -0.702. The van der Waals surface area contributed by atoms with E-state index in [0.29, 0.717) is 6.54 Å². The van der Waals surface area contributed by atoms with Crippen LogP contribution in [0.2, 0.25) is 0 Å². The molecular weight excluding hydrogens is 118 g/mol. The molecule has 4 nitrogen and oxygen atoms in total. The predicted molar refractivity (Wildman–Crippen MR) is 34.6 cm³/mol. The molecule has 0 radical (unpaired) electrons. The van der Waals surface area contributed by atoms with Crippen molar-refractivity contribution < 1.29 is 5.11 Å². The van der Waals surface area contributed by atoms with E-state index in [1.165, 1.54) is 0 Å². The standard InChI is InChI=1S/C5H9N3O/c9-4-3-8-2-1-6-5-7-8/h1-2,5,9H,3-4H2,(H,6,7). The van der Waals surface area contributed by atoms with Crippen molar-refractivity contribution in [2.24, 2.45) is 4.99 Å². The summed E-state index contributed by atoms with van der Waals surface area (Å²) in [6.45, 7) is 0.730. The van der Waals surface area contributed by atoms with Gasteiger partial charge in [0.25, 0.3) is 0 Å². The fraction of sp³-hybridized carbons (Fsp3) is 0.400. The highest BCUT2D eigenvalue weighted by atomic mass is 16.3. The molecule has 1 aliphatic rings. The number of aliphatic hydroxyl groups excluding tert-OH is 1. The van der Waals surface area contributed by atoms with Crippen LogP contribution in [0.5, 0.6) is 0 Å². The van der Waals surface area contributed by atoms with Crippen molar-refractivity contribution in [1.29, 1.82) is 0 Å². The van der Waals surface area contributed by atoms with Crippen LogP contribution in [0.3, 0.4) is 0 Å². The lowest BCUT2D eigenvalue weighted by molar-refractivity contribution is 0.220. The van der Waals surface area contributed by atoms with Crippen molar-refractivity contribution in [2.45, 2.75) is 0 Å². The summed E-state index contributed by atoms with van der Waals surface area (Å²) in [7, 11) is 0. The van der Waals surface area contributed by atoms with Crippen LogP contribution in [0, 0.1) is 0 Å². The normalized spacial score (nSPS) is 15.9. The van der Waals surface area contributed by atoms with Crippen LogP contribution in [0.25, 0.3) is 0 Å². The van der Waals surface area contributed by atoms with Crippen LogP contribution in [0.4, 0.5) is 0 Å². The SMILES string of the molecule is OCCN1C=CN=CN1. The van der Waals surface area contributed by atoms with E-state index in [1.54, 1.807) is 23.7 Å². The van der Waals surface area contributed by atoms with Gasteiger partial charge < -0.3 is 5.11 Å². The van der Waals surface area contributed by atoms with Crippen molar-refractivity contribution >= 4 is 6.34 Å². The van der Waals surface area contributed by atoms with E-state index in [2.05, 4.69) is 10.4 Å². The first kappa shape index (κ1) is 6.10. The fourth-order valence-corrected chi connectivity index (χ4v) is 0.559. The minimum absolute atomic E-state index is 0.144. The van der Waals surface area contributed by atoms with E-state index in [4.69, 9.17) is 5.11 Å². The lowest BCUT2D eigenvalue weighted by atomic mass is 10.6. The first-order valence-electron chi connectivity index (χ1n) is 2.75. The van der Waals surface area contributed by atoms with Gasteiger partial charge in [-0.3, -0.25) is 10.4 Å². The first-order valence-corrected chi connectivity index (χ1v) is 2.75. The number of nitrogens with one attached hydrogen (secondary N) is 1. The Labute approximate surface area is 53.5 Å². The molecule has 0 saturated carbocycles. The molecule has 9 heavy (non-hydrogen) atoms. The quantitative estimate of drug-likeness (QED) is 0.515. The Bertz CT molecular complexity index is 132. The minimum Gasteiger partial charge on any atom is -0.394 e. The van der Waals surface area contributed by atoms with Crippen molar-refractivity contribution in [3.05, 3.63) is 12.4 Å². The van der Waals surface area contributed by atoms with Gasteiger partial charge in [-0.1, -0.05) is 0 Å². The van der Waals surface area contributed by atoms with E-state index in [1.807, 2.05) is 0 Å². The van der Waals surface area contributed by atoms with Crippen LogP contribution in [-0.4, -0.2) is 29.6 Å². The maximum absolute atomic E-state index is 8.46. The Morgan fingerprint density at radius 3 is 3.11 bits per heavy atom. The lowest BCUT2D eigenvalue weighted by Gasteiger charge is -2.19. The first-order chi connectivity index (χ1) is 4.43. The molecule has 1 rings (SSSR count). The second-order valence-corrected chi connectivity index (χ2v) is 1.62. The Morgan fingerprint density at radius 1 is 1.67 bits per heavy atom. The van der Waals surface area contributed by atoms with E-state index >= 15 is 0 Å². The molecule has 50 valence electrons. The number of aliphatic imine (C=N–C) groups is 1. The monoisotopic (exact) mass is 127 g/mol. The molecule has 0 atom stereocenters. The molecule has 0 saturated heterocycles. The van der Waals surface area contributed by atoms with Gasteiger partial charge in [0.05, 0.1) is 13.2 Å². The molecule has 1 aliphatic heterocycles. The van der Waals surface area contributed by atoms with Gasteiger partial charge in [-0.15, -0.1) is 0 Å². The number of hydrogen-bond acceptors (Lipinski definition) is 4. The topological polar surface area (TPSA) is 47.9 Å². The van der Waals surface area contributed by atoms with Crippen LogP contribution in [0.15, 0.2) is 17.4 Å². The average Bonchev–Trinajstić information content (AvgIpc) is 1.91. The minimum atomic E-state index is 0.144. The van der Waals surface area contributed by atoms with Gasteiger partial charge in [-0.25, -0.2) is 4.99 Å². The molecule has 1 heterocycles. The number of hydrazine groups is 1. The summed E-state index contributed by atoms with van der Waals surface area (Å²) < 4.78 is 0. The fourth-order valence-electron chi connectivity index (χ4n) is 0.559. The highest BCUT2D eigenvalue weighted by molar-refractivity contribution is 5.55. The smallest absolute Gasteiger partial charge is 0.107 e. The summed E-state index contributed by atoms with van der Waals surface area (Å²) in [6.07, 6.45) is 4.98. The Hall–Kier alpha value is -1.03. The highest BCUT2D eigenvalue weighted by Gasteiger charge is 1.94. The van der Waals surface area contributed by atoms with Crippen molar-refractivity contribution in [1.82, 2.24) is 10.4 Å². The molecule has 0 aromatic carbocycles. The summed E-state index contributed by atoms with van der Waals surface area (Å²) in [5.41, 5.74) is 2.81. The number of β-amino-alcohol motifs (C(OH)–C–C–N with tert-alkyl or cyclic N) is 1. The van der Waals surface area contributed by atoms with Crippen molar-refractivity contribution in [3.8, 4) is 0 Å². The van der Waals surface area contributed by atoms with Crippen LogP contribution >= 0.6 is 0 Å². The van der Waals surface area contributed by atoms with Gasteiger partial charge in [0.15, 0.2) is 0 Å². The summed E-state index contributed by atoms with van der Waals surface area (Å²) in [5.74, 6) is 0. The van der Waals surface area contributed by atoms with Gasteiger partial charge in [-0.05, 0) is 0 Å². The highest BCUT2D eigenvalue weighted by Crippen LogP contribution is 1.86. The van der Waals surface area contributed by atoms with Gasteiger partial charge in [0.1, 0.15) is 6.34 Å². The maximum atomic E-state index is 8.46. The zero-order chi connectivity index (χ0) is 6.53. The largest absolute Gasteiger partial charge is 0.394 e. The van der Waals surface area contributed by atoms with Gasteiger partial charge in [-0.2, -0.15) is 0 Å². The molecule has 0 spiro atoms. The summed E-state index contributed by atoms with van der Waals surface area (Å²) in [4.78, 5) is 3.77. The van der Waals surface area contributed by atoms with Gasteiger partial charge in [0.2, 0.25) is 0 Å². The van der Waals surface area contributed by atoms with Crippen LogP contribution in [0.1, 0.15) is 0 Å². The molecule has 0 amide bonds. The molecule has 0 unspecified atom stereocenters. The molecule has 4 heteroatoms. The molecule has 2 N–H and O–H groups in total. The van der Waals surface area contributed by atoms with Crippen molar-refractivity contribution in [3.63, 3.8) is 0 Å². The van der Waals surface area contributed by atoms with E-state index in [0.717, 1.165) is 0 Å². The Kier molecular flexibility index (Phi) is 2.09. The van der Waals surface area contributed by atoms with E-state index in [9.17, 15) is 0 Å². The summed E-state index contributed by atoms with van der Waals surface area (Å²) in [6, 6.07) is 0. The lowest BCUT2D eigenvalue weighted by Crippen LogP contribution is -2.35. The molecule has 0 aromatic heterocycles. The third-order valence-electron chi connectivity index (χ3n) is 0.972. The molecule has 0 aromatic rings. The Morgan fingerprint density at radius 2 is 2.56 bits per heavy atom. The number of hydrogen-bond donors (Lipinski definition) is 2. The number of aliphatic hydroxyl groups is 1. The molecule has 0 fully saturated rings. The third kappa shape index (κ3) is 1.73. The maximum Gasteiger partial charge on any atom is 0.107 e. The van der Waals surface area contributed by atoms with Gasteiger partial charge in [0, 0.05) is 12.4 Å². The zero-order valence-corrected chi connectivity index (χ0v) is 4.99. The van der Waals surface area contributed by atoms with Crippen LogP contribution in [-0.2, 0) is 0 Å². The van der Waals surface area contributed by atoms with E-state index < -0.39 is 0 Å². The summed E-state index contributed by atoms with van der Waals surface area (Å²) in [5, 5.41) is 10.2. The summed E-state index contributed by atoms with van der Waals surface area (Å²) >= 11 is 0. The van der Waals surface area contributed by atoms with Gasteiger partial charge >= 0.3 is 0 Å². The number of rotatable bonds is 2. The average molecular weight is 127 g/mol. The Balaban J connectivity index is 2.28.